The molecule has 0 unspecified atom stereocenters. The number of nitrogens with zero attached hydrogens (tertiary/aromatic N) is 3. The van der Waals surface area contributed by atoms with Gasteiger partial charge in [-0.1, -0.05) is 12.1 Å². The van der Waals surface area contributed by atoms with Gasteiger partial charge in [0, 0.05) is 41.9 Å². The van der Waals surface area contributed by atoms with Crippen LogP contribution in [0.5, 0.6) is 0 Å². The standard InChI is InChI=1S/C23H26N6O3/c24-22(31)21(15-30)26-17-3-1-16(2-4-17)20-9-10-25-23(28-20)27-18-5-7-19(8-6-18)29-11-13-32-14-12-29/h1-10,21,26,30H,11-15H2,(H2,24,31)(H,25,27,28)/t21-/m1/s1. The van der Waals surface area contributed by atoms with Crippen molar-refractivity contribution in [1.82, 2.24) is 9.97 Å². The molecule has 1 aromatic heterocycles. The summed E-state index contributed by atoms with van der Waals surface area (Å²) in [5, 5.41) is 15.4. The molecule has 1 amide bonds. The van der Waals surface area contributed by atoms with E-state index in [0.29, 0.717) is 11.6 Å². The number of carbonyl (C=O) groups is 1. The Morgan fingerprint density at radius 1 is 1.06 bits per heavy atom. The van der Waals surface area contributed by atoms with Gasteiger partial charge in [0.1, 0.15) is 6.04 Å². The third-order valence-corrected chi connectivity index (χ3v) is 5.20. The summed E-state index contributed by atoms with van der Waals surface area (Å²) in [5.41, 5.74) is 9.65. The minimum atomic E-state index is -0.828. The average molecular weight is 435 g/mol. The summed E-state index contributed by atoms with van der Waals surface area (Å²) < 4.78 is 5.41. The first kappa shape index (κ1) is 21.5. The normalized spacial score (nSPS) is 14.6. The Morgan fingerprint density at radius 2 is 1.75 bits per heavy atom. The van der Waals surface area contributed by atoms with Gasteiger partial charge in [-0.2, -0.15) is 0 Å². The van der Waals surface area contributed by atoms with E-state index in [0.717, 1.165) is 43.2 Å². The maximum atomic E-state index is 11.3. The summed E-state index contributed by atoms with van der Waals surface area (Å²) in [6.07, 6.45) is 1.70. The van der Waals surface area contributed by atoms with Crippen LogP contribution in [0.2, 0.25) is 0 Å². The van der Waals surface area contributed by atoms with E-state index in [1.54, 1.807) is 18.3 Å². The van der Waals surface area contributed by atoms with Gasteiger partial charge in [0.15, 0.2) is 0 Å². The zero-order chi connectivity index (χ0) is 22.3. The molecule has 0 aliphatic carbocycles. The Labute approximate surface area is 186 Å². The molecule has 5 N–H and O–H groups in total. The number of rotatable bonds is 8. The minimum Gasteiger partial charge on any atom is -0.394 e. The Balaban J connectivity index is 1.42. The lowest BCUT2D eigenvalue weighted by Crippen LogP contribution is -2.38. The molecule has 0 bridgehead atoms. The lowest BCUT2D eigenvalue weighted by molar-refractivity contribution is -0.119. The van der Waals surface area contributed by atoms with Crippen molar-refractivity contribution in [2.24, 2.45) is 5.73 Å². The number of aliphatic hydroxyl groups is 1. The van der Waals surface area contributed by atoms with Gasteiger partial charge in [-0.25, -0.2) is 9.97 Å². The average Bonchev–Trinajstić information content (AvgIpc) is 2.84. The topological polar surface area (TPSA) is 126 Å². The monoisotopic (exact) mass is 434 g/mol. The van der Waals surface area contributed by atoms with E-state index in [1.807, 2.05) is 30.3 Å². The van der Waals surface area contributed by atoms with Gasteiger partial charge >= 0.3 is 0 Å². The van der Waals surface area contributed by atoms with Crippen LogP contribution in [0.1, 0.15) is 0 Å². The molecule has 0 spiro atoms. The lowest BCUT2D eigenvalue weighted by atomic mass is 10.1. The number of amides is 1. The molecule has 32 heavy (non-hydrogen) atoms. The predicted molar refractivity (Wildman–Crippen MR) is 124 cm³/mol. The van der Waals surface area contributed by atoms with Crippen LogP contribution in [0.4, 0.5) is 23.0 Å². The zero-order valence-electron chi connectivity index (χ0n) is 17.6. The van der Waals surface area contributed by atoms with E-state index < -0.39 is 11.9 Å². The van der Waals surface area contributed by atoms with Crippen molar-refractivity contribution < 1.29 is 14.6 Å². The van der Waals surface area contributed by atoms with Crippen molar-refractivity contribution in [1.29, 1.82) is 0 Å². The van der Waals surface area contributed by atoms with E-state index >= 15 is 0 Å². The second-order valence-electron chi connectivity index (χ2n) is 7.40. The van der Waals surface area contributed by atoms with Gasteiger partial charge in [0.25, 0.3) is 0 Å². The molecule has 1 atom stereocenters. The summed E-state index contributed by atoms with van der Waals surface area (Å²) in [6.45, 7) is 2.94. The fraction of sp³-hybridized carbons (Fsp3) is 0.261. The number of morpholine rings is 1. The highest BCUT2D eigenvalue weighted by Gasteiger charge is 2.14. The quantitative estimate of drug-likeness (QED) is 0.424. The first-order valence-corrected chi connectivity index (χ1v) is 10.4. The molecule has 9 nitrogen and oxygen atoms in total. The number of primary amides is 1. The minimum absolute atomic E-state index is 0.370. The Kier molecular flexibility index (Phi) is 6.78. The second-order valence-corrected chi connectivity index (χ2v) is 7.40. The van der Waals surface area contributed by atoms with Crippen LogP contribution < -0.4 is 21.3 Å². The third-order valence-electron chi connectivity index (χ3n) is 5.20. The molecule has 9 heteroatoms. The fourth-order valence-corrected chi connectivity index (χ4v) is 3.43. The molecule has 0 radical (unpaired) electrons. The van der Waals surface area contributed by atoms with Gasteiger partial charge in [-0.15, -0.1) is 0 Å². The number of anilines is 4. The third kappa shape index (κ3) is 5.32. The van der Waals surface area contributed by atoms with Crippen molar-refractivity contribution in [3.63, 3.8) is 0 Å². The molecule has 1 aliphatic heterocycles. The SMILES string of the molecule is NC(=O)[C@@H](CO)Nc1ccc(-c2ccnc(Nc3ccc(N4CCOCC4)cc3)n2)cc1. The molecule has 2 aromatic carbocycles. The summed E-state index contributed by atoms with van der Waals surface area (Å²) in [5.74, 6) is -0.112. The molecule has 0 saturated carbocycles. The highest BCUT2D eigenvalue weighted by molar-refractivity contribution is 5.83. The first-order valence-electron chi connectivity index (χ1n) is 10.4. The van der Waals surface area contributed by atoms with Crippen molar-refractivity contribution >= 4 is 28.9 Å². The molecule has 4 rings (SSSR count). The lowest BCUT2D eigenvalue weighted by Gasteiger charge is -2.28. The van der Waals surface area contributed by atoms with Crippen LogP contribution in [0.15, 0.2) is 60.8 Å². The van der Waals surface area contributed by atoms with Crippen LogP contribution in [-0.4, -0.2) is 59.9 Å². The number of hydrogen-bond acceptors (Lipinski definition) is 8. The second kappa shape index (κ2) is 10.1. The molecule has 1 fully saturated rings. The number of aliphatic hydroxyl groups excluding tert-OH is 1. The van der Waals surface area contributed by atoms with Crippen LogP contribution >= 0.6 is 0 Å². The van der Waals surface area contributed by atoms with Crippen LogP contribution in [0.3, 0.4) is 0 Å². The van der Waals surface area contributed by atoms with Crippen LogP contribution in [0.25, 0.3) is 11.3 Å². The number of aromatic nitrogens is 2. The highest BCUT2D eigenvalue weighted by Crippen LogP contribution is 2.23. The number of ether oxygens (including phenoxy) is 1. The van der Waals surface area contributed by atoms with Crippen molar-refractivity contribution in [2.75, 3.05) is 48.4 Å². The molecular formula is C23H26N6O3. The van der Waals surface area contributed by atoms with Gasteiger partial charge in [0.2, 0.25) is 11.9 Å². The maximum Gasteiger partial charge on any atom is 0.242 e. The first-order chi connectivity index (χ1) is 15.6. The number of benzene rings is 2. The number of nitrogens with one attached hydrogen (secondary N) is 2. The number of nitrogens with two attached hydrogens (primary N) is 1. The van der Waals surface area contributed by atoms with E-state index in [2.05, 4.69) is 37.6 Å². The van der Waals surface area contributed by atoms with Crippen molar-refractivity contribution in [3.8, 4) is 11.3 Å². The largest absolute Gasteiger partial charge is 0.394 e. The number of carbonyl (C=O) groups excluding carboxylic acids is 1. The fourth-order valence-electron chi connectivity index (χ4n) is 3.43. The van der Waals surface area contributed by atoms with Gasteiger partial charge in [-0.05, 0) is 42.5 Å². The van der Waals surface area contributed by atoms with Gasteiger partial charge < -0.3 is 31.1 Å². The number of hydrogen-bond donors (Lipinski definition) is 4. The summed E-state index contributed by atoms with van der Waals surface area (Å²) >= 11 is 0. The Hall–Kier alpha value is -3.69. The zero-order valence-corrected chi connectivity index (χ0v) is 17.6. The molecule has 3 aromatic rings. The van der Waals surface area contributed by atoms with E-state index in [1.165, 1.54) is 5.69 Å². The smallest absolute Gasteiger partial charge is 0.242 e. The summed E-state index contributed by atoms with van der Waals surface area (Å²) in [7, 11) is 0. The highest BCUT2D eigenvalue weighted by atomic mass is 16.5. The van der Waals surface area contributed by atoms with Crippen LogP contribution in [-0.2, 0) is 9.53 Å². The summed E-state index contributed by atoms with van der Waals surface area (Å²) in [6, 6.07) is 16.5. The maximum absolute atomic E-state index is 11.3. The molecular weight excluding hydrogens is 408 g/mol. The Morgan fingerprint density at radius 3 is 2.41 bits per heavy atom. The van der Waals surface area contributed by atoms with E-state index in [-0.39, 0.29) is 6.61 Å². The van der Waals surface area contributed by atoms with Crippen molar-refractivity contribution in [3.05, 3.63) is 60.8 Å². The van der Waals surface area contributed by atoms with E-state index in [4.69, 9.17) is 10.5 Å². The Bertz CT molecular complexity index is 1040. The van der Waals surface area contributed by atoms with E-state index in [9.17, 15) is 9.90 Å². The molecule has 166 valence electrons. The van der Waals surface area contributed by atoms with Gasteiger partial charge in [0.05, 0.1) is 25.5 Å². The predicted octanol–water partition coefficient (Wildman–Crippen LogP) is 1.98. The molecule has 2 heterocycles. The molecule has 1 aliphatic rings. The van der Waals surface area contributed by atoms with Gasteiger partial charge in [-0.3, -0.25) is 4.79 Å². The summed E-state index contributed by atoms with van der Waals surface area (Å²) in [4.78, 5) is 22.5. The van der Waals surface area contributed by atoms with Crippen LogP contribution in [0, 0.1) is 0 Å². The molecule has 1 saturated heterocycles. The van der Waals surface area contributed by atoms with Crippen molar-refractivity contribution in [2.45, 2.75) is 6.04 Å².